The predicted molar refractivity (Wildman–Crippen MR) is 71.1 cm³/mol. The molecule has 3 N–H and O–H groups in total. The van der Waals surface area contributed by atoms with E-state index < -0.39 is 0 Å². The first-order valence-electron chi connectivity index (χ1n) is 6.16. The fourth-order valence-corrected chi connectivity index (χ4v) is 1.70. The Labute approximate surface area is 111 Å². The molecule has 6 heteroatoms. The minimum Gasteiger partial charge on any atom is -0.354 e. The van der Waals surface area contributed by atoms with E-state index in [2.05, 4.69) is 15.6 Å². The van der Waals surface area contributed by atoms with Crippen LogP contribution in [0.4, 0.5) is 0 Å². The van der Waals surface area contributed by atoms with Crippen LogP contribution < -0.4 is 11.1 Å². The normalized spacial score (nSPS) is 10.4. The largest absolute Gasteiger partial charge is 0.354 e. The van der Waals surface area contributed by atoms with Crippen LogP contribution in [-0.2, 0) is 24.3 Å². The zero-order valence-electron chi connectivity index (χ0n) is 10.6. The molecule has 0 spiro atoms. The van der Waals surface area contributed by atoms with Crippen molar-refractivity contribution in [3.8, 4) is 0 Å². The summed E-state index contributed by atoms with van der Waals surface area (Å²) < 4.78 is 1.68. The molecule has 0 saturated heterocycles. The second-order valence-corrected chi connectivity index (χ2v) is 4.21. The molecule has 2 rings (SSSR count). The molecule has 6 nitrogen and oxygen atoms in total. The minimum atomic E-state index is 0.000568. The molecule has 1 aromatic heterocycles. The highest BCUT2D eigenvalue weighted by Gasteiger charge is 2.03. The lowest BCUT2D eigenvalue weighted by molar-refractivity contribution is -0.120. The third-order valence-electron chi connectivity index (χ3n) is 2.76. The van der Waals surface area contributed by atoms with Gasteiger partial charge in [-0.1, -0.05) is 29.5 Å². The molecule has 0 fully saturated rings. The van der Waals surface area contributed by atoms with E-state index in [1.165, 1.54) is 0 Å². The van der Waals surface area contributed by atoms with Crippen LogP contribution in [0, 0.1) is 0 Å². The summed E-state index contributed by atoms with van der Waals surface area (Å²) >= 11 is 0. The maximum atomic E-state index is 11.7. The van der Waals surface area contributed by atoms with Crippen molar-refractivity contribution in [3.05, 3.63) is 47.8 Å². The number of amides is 1. The molecule has 2 aromatic rings. The van der Waals surface area contributed by atoms with Crippen LogP contribution in [0.3, 0.4) is 0 Å². The molecule has 1 aromatic carbocycles. The van der Waals surface area contributed by atoms with Crippen LogP contribution in [0.5, 0.6) is 0 Å². The van der Waals surface area contributed by atoms with Gasteiger partial charge in [-0.15, -0.1) is 5.10 Å². The van der Waals surface area contributed by atoms with Crippen molar-refractivity contribution >= 4 is 5.91 Å². The number of benzene rings is 1. The molecule has 0 bridgehead atoms. The Morgan fingerprint density at radius 2 is 2.00 bits per heavy atom. The van der Waals surface area contributed by atoms with E-state index in [1.807, 2.05) is 24.3 Å². The quantitative estimate of drug-likeness (QED) is 0.770. The van der Waals surface area contributed by atoms with Crippen molar-refractivity contribution in [2.45, 2.75) is 19.5 Å². The van der Waals surface area contributed by atoms with Crippen molar-refractivity contribution in [1.29, 1.82) is 0 Å². The lowest BCUT2D eigenvalue weighted by atomic mass is 10.1. The smallest absolute Gasteiger partial charge is 0.224 e. The van der Waals surface area contributed by atoms with Crippen LogP contribution >= 0.6 is 0 Å². The van der Waals surface area contributed by atoms with Crippen molar-refractivity contribution < 1.29 is 4.79 Å². The highest BCUT2D eigenvalue weighted by Crippen LogP contribution is 2.04. The Morgan fingerprint density at radius 3 is 2.63 bits per heavy atom. The average molecular weight is 259 g/mol. The number of nitrogens with zero attached hydrogens (tertiary/aromatic N) is 3. The van der Waals surface area contributed by atoms with E-state index >= 15 is 0 Å². The maximum absolute atomic E-state index is 11.7. The van der Waals surface area contributed by atoms with Gasteiger partial charge < -0.3 is 11.1 Å². The second kappa shape index (κ2) is 6.65. The molecule has 19 heavy (non-hydrogen) atoms. The molecule has 0 saturated carbocycles. The van der Waals surface area contributed by atoms with Gasteiger partial charge in [-0.25, -0.2) is 0 Å². The third kappa shape index (κ3) is 4.18. The van der Waals surface area contributed by atoms with Crippen LogP contribution in [0.15, 0.2) is 36.7 Å². The Kier molecular flexibility index (Phi) is 4.63. The third-order valence-corrected chi connectivity index (χ3v) is 2.76. The molecular formula is C13H17N5O. The summed E-state index contributed by atoms with van der Waals surface area (Å²) in [5.74, 6) is 0.000568. The van der Waals surface area contributed by atoms with Gasteiger partial charge in [-0.3, -0.25) is 9.48 Å². The number of hydrogen-bond acceptors (Lipinski definition) is 4. The number of aromatic nitrogens is 3. The maximum Gasteiger partial charge on any atom is 0.224 e. The van der Waals surface area contributed by atoms with E-state index in [-0.39, 0.29) is 5.91 Å². The summed E-state index contributed by atoms with van der Waals surface area (Å²) in [7, 11) is 0. The highest BCUT2D eigenvalue weighted by molar-refractivity contribution is 5.78. The Bertz CT molecular complexity index is 506. The monoisotopic (exact) mass is 259 g/mol. The number of nitrogens with two attached hydrogens (primary N) is 1. The second-order valence-electron chi connectivity index (χ2n) is 4.21. The van der Waals surface area contributed by atoms with Gasteiger partial charge in [0.2, 0.25) is 5.91 Å². The standard InChI is InChI=1S/C13H17N5O/c14-10-12-3-1-11(2-4-12)9-13(19)15-5-7-18-8-6-16-17-18/h1-4,6,8H,5,7,9-10,14H2,(H,15,19). The summed E-state index contributed by atoms with van der Waals surface area (Å²) in [6, 6.07) is 7.74. The molecule has 100 valence electrons. The van der Waals surface area contributed by atoms with Gasteiger partial charge in [0.05, 0.1) is 19.2 Å². The van der Waals surface area contributed by atoms with E-state index in [9.17, 15) is 4.79 Å². The number of nitrogens with one attached hydrogen (secondary N) is 1. The molecule has 0 radical (unpaired) electrons. The van der Waals surface area contributed by atoms with Gasteiger partial charge in [0, 0.05) is 19.3 Å². The lowest BCUT2D eigenvalue weighted by Gasteiger charge is -2.05. The van der Waals surface area contributed by atoms with Gasteiger partial charge >= 0.3 is 0 Å². The van der Waals surface area contributed by atoms with Crippen LogP contribution in [0.1, 0.15) is 11.1 Å². The van der Waals surface area contributed by atoms with Crippen molar-refractivity contribution in [2.75, 3.05) is 6.54 Å². The zero-order chi connectivity index (χ0) is 13.5. The zero-order valence-corrected chi connectivity index (χ0v) is 10.6. The molecular weight excluding hydrogens is 242 g/mol. The number of rotatable bonds is 6. The topological polar surface area (TPSA) is 85.8 Å². The van der Waals surface area contributed by atoms with Gasteiger partial charge in [0.15, 0.2) is 0 Å². The molecule has 1 heterocycles. The first-order chi connectivity index (χ1) is 9.28. The molecule has 0 aliphatic heterocycles. The van der Waals surface area contributed by atoms with Gasteiger partial charge in [0.1, 0.15) is 0 Å². The average Bonchev–Trinajstić information content (AvgIpc) is 2.93. The van der Waals surface area contributed by atoms with E-state index in [0.29, 0.717) is 26.1 Å². The minimum absolute atomic E-state index is 0.000568. The fourth-order valence-electron chi connectivity index (χ4n) is 1.70. The van der Waals surface area contributed by atoms with E-state index in [4.69, 9.17) is 5.73 Å². The highest BCUT2D eigenvalue weighted by atomic mass is 16.1. The van der Waals surface area contributed by atoms with Crippen molar-refractivity contribution in [1.82, 2.24) is 20.3 Å². The van der Waals surface area contributed by atoms with Crippen LogP contribution in [0.2, 0.25) is 0 Å². The molecule has 0 aliphatic carbocycles. The molecule has 0 unspecified atom stereocenters. The lowest BCUT2D eigenvalue weighted by Crippen LogP contribution is -2.28. The Hall–Kier alpha value is -2.21. The van der Waals surface area contributed by atoms with E-state index in [1.54, 1.807) is 17.1 Å². The Morgan fingerprint density at radius 1 is 1.26 bits per heavy atom. The predicted octanol–water partition coefficient (Wildman–Crippen LogP) is 0.0957. The molecule has 0 atom stereocenters. The number of hydrogen-bond donors (Lipinski definition) is 2. The summed E-state index contributed by atoms with van der Waals surface area (Å²) in [6.07, 6.45) is 3.75. The summed E-state index contributed by atoms with van der Waals surface area (Å²) in [5.41, 5.74) is 7.57. The van der Waals surface area contributed by atoms with Crippen molar-refractivity contribution in [3.63, 3.8) is 0 Å². The van der Waals surface area contributed by atoms with Gasteiger partial charge in [0.25, 0.3) is 0 Å². The molecule has 0 aliphatic rings. The Balaban J connectivity index is 1.74. The number of carbonyl (C=O) groups excluding carboxylic acids is 1. The SMILES string of the molecule is NCc1ccc(CC(=O)NCCn2ccnn2)cc1. The summed E-state index contributed by atoms with van der Waals surface area (Å²) in [6.45, 7) is 1.69. The van der Waals surface area contributed by atoms with Crippen LogP contribution in [0.25, 0.3) is 0 Å². The summed E-state index contributed by atoms with van der Waals surface area (Å²) in [4.78, 5) is 11.7. The first-order valence-corrected chi connectivity index (χ1v) is 6.16. The van der Waals surface area contributed by atoms with E-state index in [0.717, 1.165) is 11.1 Å². The van der Waals surface area contributed by atoms with Gasteiger partial charge in [-0.2, -0.15) is 0 Å². The van der Waals surface area contributed by atoms with Gasteiger partial charge in [-0.05, 0) is 11.1 Å². The first kappa shape index (κ1) is 13.2. The fraction of sp³-hybridized carbons (Fsp3) is 0.308. The summed E-state index contributed by atoms with van der Waals surface area (Å²) in [5, 5.41) is 10.4. The van der Waals surface area contributed by atoms with Crippen LogP contribution in [-0.4, -0.2) is 27.4 Å². The van der Waals surface area contributed by atoms with Crippen molar-refractivity contribution in [2.24, 2.45) is 5.73 Å². The number of carbonyl (C=O) groups is 1. The molecule has 1 amide bonds.